The van der Waals surface area contributed by atoms with E-state index in [9.17, 15) is 0 Å². The number of dihydropyridines is 1. The predicted octanol–water partition coefficient (Wildman–Crippen LogP) is 2.04. The Morgan fingerprint density at radius 2 is 2.14 bits per heavy atom. The zero-order valence-corrected chi connectivity index (χ0v) is 9.59. The van der Waals surface area contributed by atoms with E-state index in [1.54, 1.807) is 0 Å². The number of rotatable bonds is 4. The van der Waals surface area contributed by atoms with Crippen LogP contribution in [0.15, 0.2) is 16.8 Å². The third-order valence-corrected chi connectivity index (χ3v) is 2.25. The van der Waals surface area contributed by atoms with Crippen LogP contribution in [0.4, 0.5) is 0 Å². The molecule has 80 valence electrons. The van der Waals surface area contributed by atoms with Crippen molar-refractivity contribution in [3.05, 3.63) is 11.8 Å². The SMILES string of the molecule is CCOC1=CCC(OCC)=N[C@H]1CS. The van der Waals surface area contributed by atoms with Crippen molar-refractivity contribution in [2.75, 3.05) is 19.0 Å². The fraction of sp³-hybridized carbons (Fsp3) is 0.700. The number of hydrogen-bond acceptors (Lipinski definition) is 4. The summed E-state index contributed by atoms with van der Waals surface area (Å²) in [5.74, 6) is 2.36. The molecule has 0 radical (unpaired) electrons. The Morgan fingerprint density at radius 1 is 1.43 bits per heavy atom. The molecule has 0 unspecified atom stereocenters. The molecule has 1 aliphatic heterocycles. The van der Waals surface area contributed by atoms with Crippen LogP contribution in [-0.4, -0.2) is 30.9 Å². The smallest absolute Gasteiger partial charge is 0.187 e. The summed E-state index contributed by atoms with van der Waals surface area (Å²) in [5, 5.41) is 0. The minimum absolute atomic E-state index is 0.0218. The molecule has 1 aliphatic rings. The highest BCUT2D eigenvalue weighted by atomic mass is 32.1. The van der Waals surface area contributed by atoms with Gasteiger partial charge in [-0.2, -0.15) is 12.6 Å². The molecule has 0 aliphatic carbocycles. The molecule has 14 heavy (non-hydrogen) atoms. The van der Waals surface area contributed by atoms with E-state index in [1.807, 2.05) is 19.9 Å². The van der Waals surface area contributed by atoms with Crippen LogP contribution in [0.25, 0.3) is 0 Å². The van der Waals surface area contributed by atoms with Gasteiger partial charge in [-0.05, 0) is 19.9 Å². The summed E-state index contributed by atoms with van der Waals surface area (Å²) in [5.41, 5.74) is 0. The molecular weight excluding hydrogens is 198 g/mol. The van der Waals surface area contributed by atoms with Gasteiger partial charge in [-0.25, -0.2) is 4.99 Å². The number of thiol groups is 1. The second-order valence-electron chi connectivity index (χ2n) is 2.90. The summed E-state index contributed by atoms with van der Waals surface area (Å²) < 4.78 is 10.8. The molecule has 0 aromatic carbocycles. The Hall–Kier alpha value is -0.640. The highest BCUT2D eigenvalue weighted by Gasteiger charge is 2.18. The van der Waals surface area contributed by atoms with Crippen LogP contribution < -0.4 is 0 Å². The van der Waals surface area contributed by atoms with Crippen molar-refractivity contribution in [2.24, 2.45) is 4.99 Å². The molecule has 0 aromatic rings. The molecule has 0 N–H and O–H groups in total. The van der Waals surface area contributed by atoms with E-state index >= 15 is 0 Å². The Bertz CT molecular complexity index is 238. The van der Waals surface area contributed by atoms with Crippen molar-refractivity contribution in [2.45, 2.75) is 26.3 Å². The number of ether oxygens (including phenoxy) is 2. The first-order valence-corrected chi connectivity index (χ1v) is 5.58. The van der Waals surface area contributed by atoms with Gasteiger partial charge in [-0.15, -0.1) is 0 Å². The monoisotopic (exact) mass is 215 g/mol. The van der Waals surface area contributed by atoms with E-state index in [0.717, 1.165) is 18.1 Å². The van der Waals surface area contributed by atoms with Crippen molar-refractivity contribution in [1.82, 2.24) is 0 Å². The molecule has 3 nitrogen and oxygen atoms in total. The minimum Gasteiger partial charge on any atom is -0.496 e. The van der Waals surface area contributed by atoms with Crippen LogP contribution in [0.1, 0.15) is 20.3 Å². The molecule has 0 amide bonds. The highest BCUT2D eigenvalue weighted by molar-refractivity contribution is 7.80. The maximum Gasteiger partial charge on any atom is 0.187 e. The lowest BCUT2D eigenvalue weighted by molar-refractivity contribution is 0.207. The van der Waals surface area contributed by atoms with Crippen LogP contribution in [0, 0.1) is 0 Å². The van der Waals surface area contributed by atoms with Crippen molar-refractivity contribution < 1.29 is 9.47 Å². The fourth-order valence-corrected chi connectivity index (χ4v) is 1.59. The molecule has 0 fully saturated rings. The Kier molecular flexibility index (Phi) is 4.87. The average Bonchev–Trinajstić information content (AvgIpc) is 2.21. The molecule has 1 rings (SSSR count). The van der Waals surface area contributed by atoms with Crippen LogP contribution in [0.5, 0.6) is 0 Å². The summed E-state index contributed by atoms with van der Waals surface area (Å²) in [6.45, 7) is 5.27. The molecule has 0 aromatic heterocycles. The maximum atomic E-state index is 5.46. The van der Waals surface area contributed by atoms with E-state index in [-0.39, 0.29) is 6.04 Å². The Balaban J connectivity index is 2.59. The first kappa shape index (κ1) is 11.4. The summed E-state index contributed by atoms with van der Waals surface area (Å²) in [7, 11) is 0. The lowest BCUT2D eigenvalue weighted by atomic mass is 10.2. The topological polar surface area (TPSA) is 30.8 Å². The molecule has 0 bridgehead atoms. The molecule has 0 spiro atoms. The quantitative estimate of drug-likeness (QED) is 0.728. The zero-order chi connectivity index (χ0) is 10.4. The van der Waals surface area contributed by atoms with Gasteiger partial charge in [0.15, 0.2) is 5.90 Å². The third-order valence-electron chi connectivity index (χ3n) is 1.90. The van der Waals surface area contributed by atoms with Gasteiger partial charge in [0.25, 0.3) is 0 Å². The van der Waals surface area contributed by atoms with Crippen LogP contribution in [0.3, 0.4) is 0 Å². The van der Waals surface area contributed by atoms with E-state index < -0.39 is 0 Å². The number of nitrogens with zero attached hydrogens (tertiary/aromatic N) is 1. The molecule has 0 saturated heterocycles. The molecule has 4 heteroatoms. The lowest BCUT2D eigenvalue weighted by Gasteiger charge is -2.20. The van der Waals surface area contributed by atoms with Gasteiger partial charge in [0.1, 0.15) is 11.8 Å². The van der Waals surface area contributed by atoms with E-state index in [1.165, 1.54) is 0 Å². The second-order valence-corrected chi connectivity index (χ2v) is 3.26. The second kappa shape index (κ2) is 5.96. The predicted molar refractivity (Wildman–Crippen MR) is 61.0 cm³/mol. The molecule has 1 heterocycles. The summed E-state index contributed by atoms with van der Waals surface area (Å²) in [6, 6.07) is 0.0218. The molecular formula is C10H17NO2S. The summed E-state index contributed by atoms with van der Waals surface area (Å²) >= 11 is 4.24. The van der Waals surface area contributed by atoms with Crippen LogP contribution >= 0.6 is 12.6 Å². The Morgan fingerprint density at radius 3 is 2.71 bits per heavy atom. The van der Waals surface area contributed by atoms with Gasteiger partial charge in [-0.1, -0.05) is 0 Å². The van der Waals surface area contributed by atoms with Crippen molar-refractivity contribution >= 4 is 18.5 Å². The van der Waals surface area contributed by atoms with Gasteiger partial charge in [0.05, 0.1) is 13.2 Å². The van der Waals surface area contributed by atoms with E-state index in [0.29, 0.717) is 19.0 Å². The molecule has 1 atom stereocenters. The zero-order valence-electron chi connectivity index (χ0n) is 8.69. The Labute approximate surface area is 90.6 Å². The minimum atomic E-state index is 0.0218. The van der Waals surface area contributed by atoms with Crippen molar-refractivity contribution in [3.8, 4) is 0 Å². The number of aliphatic imine (C=N–C) groups is 1. The first-order chi connectivity index (χ1) is 6.81. The fourth-order valence-electron chi connectivity index (χ4n) is 1.33. The van der Waals surface area contributed by atoms with Gasteiger partial charge in [0.2, 0.25) is 0 Å². The average molecular weight is 215 g/mol. The summed E-state index contributed by atoms with van der Waals surface area (Å²) in [4.78, 5) is 4.41. The summed E-state index contributed by atoms with van der Waals surface area (Å²) in [6.07, 6.45) is 2.76. The standard InChI is InChI=1S/C10H17NO2S/c1-3-12-9-5-6-10(13-4-2)11-8(9)7-14/h5,8,14H,3-4,6-7H2,1-2H3/t8-/m0/s1. The van der Waals surface area contributed by atoms with E-state index in [2.05, 4.69) is 17.6 Å². The normalized spacial score (nSPS) is 21.2. The van der Waals surface area contributed by atoms with Crippen molar-refractivity contribution in [3.63, 3.8) is 0 Å². The molecule has 0 saturated carbocycles. The highest BCUT2D eigenvalue weighted by Crippen LogP contribution is 2.17. The largest absolute Gasteiger partial charge is 0.496 e. The van der Waals surface area contributed by atoms with Crippen LogP contribution in [0.2, 0.25) is 0 Å². The lowest BCUT2D eigenvalue weighted by Crippen LogP contribution is -2.21. The maximum absolute atomic E-state index is 5.46. The van der Waals surface area contributed by atoms with E-state index in [4.69, 9.17) is 9.47 Å². The van der Waals surface area contributed by atoms with Crippen molar-refractivity contribution in [1.29, 1.82) is 0 Å². The number of hydrogen-bond donors (Lipinski definition) is 1. The van der Waals surface area contributed by atoms with Gasteiger partial charge >= 0.3 is 0 Å². The van der Waals surface area contributed by atoms with Gasteiger partial charge in [0, 0.05) is 12.2 Å². The van der Waals surface area contributed by atoms with Crippen LogP contribution in [-0.2, 0) is 9.47 Å². The first-order valence-electron chi connectivity index (χ1n) is 4.95. The third kappa shape index (κ3) is 2.94. The van der Waals surface area contributed by atoms with Gasteiger partial charge < -0.3 is 9.47 Å². The van der Waals surface area contributed by atoms with Gasteiger partial charge in [-0.3, -0.25) is 0 Å².